The van der Waals surface area contributed by atoms with E-state index in [9.17, 15) is 9.59 Å². The van der Waals surface area contributed by atoms with Crippen LogP contribution in [0.5, 0.6) is 0 Å². The standard InChI is InChI=1S/C7H5NO4.C5H5N/c9-6(10)4-1-2-8-5(3-4)7(11)12;1-2-4-6-5-3-1/h1-3H,(H,9,10)(H,11,12);1-5H. The first-order valence-corrected chi connectivity index (χ1v) is 4.89. The highest BCUT2D eigenvalue weighted by Gasteiger charge is 2.08. The summed E-state index contributed by atoms with van der Waals surface area (Å²) in [5, 5.41) is 16.9. The van der Waals surface area contributed by atoms with Crippen LogP contribution in [0.3, 0.4) is 0 Å². The van der Waals surface area contributed by atoms with Crippen molar-refractivity contribution in [3.8, 4) is 0 Å². The van der Waals surface area contributed by atoms with Gasteiger partial charge in [0.2, 0.25) is 0 Å². The Labute approximate surface area is 103 Å². The molecule has 0 unspecified atom stereocenters. The molecule has 2 rings (SSSR count). The highest BCUT2D eigenvalue weighted by molar-refractivity contribution is 5.92. The summed E-state index contributed by atoms with van der Waals surface area (Å²) < 4.78 is 0. The third-order valence-corrected chi connectivity index (χ3v) is 1.79. The van der Waals surface area contributed by atoms with Crippen molar-refractivity contribution in [3.63, 3.8) is 0 Å². The van der Waals surface area contributed by atoms with E-state index in [0.717, 1.165) is 12.3 Å². The third-order valence-electron chi connectivity index (χ3n) is 1.79. The van der Waals surface area contributed by atoms with Gasteiger partial charge in [0.15, 0.2) is 0 Å². The first-order chi connectivity index (χ1) is 8.61. The van der Waals surface area contributed by atoms with Gasteiger partial charge in [0, 0.05) is 18.6 Å². The SMILES string of the molecule is O=C(O)c1ccnc(C(=O)O)c1.c1ccncc1. The van der Waals surface area contributed by atoms with Gasteiger partial charge < -0.3 is 10.2 Å². The van der Waals surface area contributed by atoms with Gasteiger partial charge in [-0.15, -0.1) is 0 Å². The minimum Gasteiger partial charge on any atom is -0.478 e. The fourth-order valence-electron chi connectivity index (χ4n) is 0.993. The molecule has 2 heterocycles. The molecule has 92 valence electrons. The maximum absolute atomic E-state index is 10.4. The van der Waals surface area contributed by atoms with Crippen LogP contribution in [0.4, 0.5) is 0 Å². The van der Waals surface area contributed by atoms with E-state index in [1.165, 1.54) is 6.07 Å². The van der Waals surface area contributed by atoms with Crippen LogP contribution >= 0.6 is 0 Å². The van der Waals surface area contributed by atoms with E-state index in [-0.39, 0.29) is 11.3 Å². The van der Waals surface area contributed by atoms with Crippen LogP contribution in [-0.2, 0) is 0 Å². The smallest absolute Gasteiger partial charge is 0.354 e. The Morgan fingerprint density at radius 3 is 2.00 bits per heavy atom. The highest BCUT2D eigenvalue weighted by Crippen LogP contribution is 2.01. The number of carbonyl (C=O) groups is 2. The molecule has 0 aliphatic heterocycles. The van der Waals surface area contributed by atoms with Gasteiger partial charge in [0.05, 0.1) is 5.56 Å². The fourth-order valence-corrected chi connectivity index (χ4v) is 0.993. The van der Waals surface area contributed by atoms with Crippen molar-refractivity contribution in [2.45, 2.75) is 0 Å². The van der Waals surface area contributed by atoms with Gasteiger partial charge >= 0.3 is 11.9 Å². The third kappa shape index (κ3) is 4.40. The van der Waals surface area contributed by atoms with Crippen LogP contribution in [0.25, 0.3) is 0 Å². The summed E-state index contributed by atoms with van der Waals surface area (Å²) in [6.45, 7) is 0. The molecule has 0 atom stereocenters. The van der Waals surface area contributed by atoms with Gasteiger partial charge in [-0.1, -0.05) is 6.07 Å². The van der Waals surface area contributed by atoms with Gasteiger partial charge in [-0.05, 0) is 24.3 Å². The monoisotopic (exact) mass is 246 g/mol. The number of aromatic nitrogens is 2. The van der Waals surface area contributed by atoms with Crippen LogP contribution in [0.15, 0.2) is 48.9 Å². The quantitative estimate of drug-likeness (QED) is 0.833. The van der Waals surface area contributed by atoms with E-state index >= 15 is 0 Å². The summed E-state index contributed by atoms with van der Waals surface area (Å²) in [5.41, 5.74) is -0.350. The maximum Gasteiger partial charge on any atom is 0.354 e. The molecule has 6 nitrogen and oxygen atoms in total. The van der Waals surface area contributed by atoms with Crippen LogP contribution < -0.4 is 0 Å². The Kier molecular flexibility index (Phi) is 4.98. The lowest BCUT2D eigenvalue weighted by Crippen LogP contribution is -2.03. The van der Waals surface area contributed by atoms with Crippen molar-refractivity contribution in [2.24, 2.45) is 0 Å². The lowest BCUT2D eigenvalue weighted by atomic mass is 10.2. The molecule has 0 aliphatic carbocycles. The van der Waals surface area contributed by atoms with Gasteiger partial charge in [-0.3, -0.25) is 4.98 Å². The molecule has 2 aromatic heterocycles. The number of hydrogen-bond donors (Lipinski definition) is 2. The molecule has 6 heteroatoms. The number of carboxylic acid groups (broad SMARTS) is 2. The van der Waals surface area contributed by atoms with E-state index in [4.69, 9.17) is 10.2 Å². The molecule has 0 bridgehead atoms. The van der Waals surface area contributed by atoms with E-state index in [0.29, 0.717) is 0 Å². The summed E-state index contributed by atoms with van der Waals surface area (Å²) in [4.78, 5) is 27.9. The molecule has 0 aliphatic rings. The molecule has 2 N–H and O–H groups in total. The van der Waals surface area contributed by atoms with Crippen LogP contribution in [0, 0.1) is 0 Å². The Morgan fingerprint density at radius 2 is 1.61 bits per heavy atom. The molecular weight excluding hydrogens is 236 g/mol. The summed E-state index contributed by atoms with van der Waals surface area (Å²) in [5.74, 6) is -2.40. The topological polar surface area (TPSA) is 100 Å². The molecule has 0 saturated carbocycles. The van der Waals surface area contributed by atoms with Crippen molar-refractivity contribution in [2.75, 3.05) is 0 Å². The average molecular weight is 246 g/mol. The van der Waals surface area contributed by atoms with E-state index < -0.39 is 11.9 Å². The van der Waals surface area contributed by atoms with Gasteiger partial charge in [-0.2, -0.15) is 0 Å². The van der Waals surface area contributed by atoms with Crippen molar-refractivity contribution in [1.29, 1.82) is 0 Å². The second kappa shape index (κ2) is 6.74. The zero-order valence-corrected chi connectivity index (χ0v) is 9.22. The predicted octanol–water partition coefficient (Wildman–Crippen LogP) is 1.56. The van der Waals surface area contributed by atoms with Gasteiger partial charge in [0.25, 0.3) is 0 Å². The van der Waals surface area contributed by atoms with Crippen molar-refractivity contribution in [1.82, 2.24) is 9.97 Å². The molecule has 0 spiro atoms. The lowest BCUT2D eigenvalue weighted by Gasteiger charge is -1.94. The molecule has 2 aromatic rings. The van der Waals surface area contributed by atoms with E-state index in [1.807, 2.05) is 18.2 Å². The molecule has 0 radical (unpaired) electrons. The molecule has 0 aromatic carbocycles. The van der Waals surface area contributed by atoms with Gasteiger partial charge in [0.1, 0.15) is 5.69 Å². The number of nitrogens with zero attached hydrogens (tertiary/aromatic N) is 2. The van der Waals surface area contributed by atoms with Crippen molar-refractivity contribution < 1.29 is 19.8 Å². The first kappa shape index (κ1) is 13.3. The first-order valence-electron chi connectivity index (χ1n) is 4.89. The van der Waals surface area contributed by atoms with E-state index in [1.54, 1.807) is 12.4 Å². The van der Waals surface area contributed by atoms with Gasteiger partial charge in [-0.25, -0.2) is 14.6 Å². The molecule has 0 amide bonds. The summed E-state index contributed by atoms with van der Waals surface area (Å²) in [7, 11) is 0. The molecule has 18 heavy (non-hydrogen) atoms. The van der Waals surface area contributed by atoms with Crippen LogP contribution in [-0.4, -0.2) is 32.1 Å². The number of aromatic carboxylic acids is 2. The second-order valence-electron chi connectivity index (χ2n) is 3.06. The van der Waals surface area contributed by atoms with Crippen molar-refractivity contribution in [3.05, 3.63) is 60.2 Å². The summed E-state index contributed by atoms with van der Waals surface area (Å²) >= 11 is 0. The number of carboxylic acids is 2. The largest absolute Gasteiger partial charge is 0.478 e. The Balaban J connectivity index is 0.000000225. The zero-order chi connectivity index (χ0) is 13.4. The molecule has 0 saturated heterocycles. The Hall–Kier alpha value is -2.76. The lowest BCUT2D eigenvalue weighted by molar-refractivity contribution is 0.0690. The predicted molar refractivity (Wildman–Crippen MR) is 62.4 cm³/mol. The summed E-state index contributed by atoms with van der Waals surface area (Å²) in [6, 6.07) is 7.95. The second-order valence-corrected chi connectivity index (χ2v) is 3.06. The molecule has 0 fully saturated rings. The van der Waals surface area contributed by atoms with Crippen LogP contribution in [0.1, 0.15) is 20.8 Å². The average Bonchev–Trinajstić information content (AvgIpc) is 2.41. The maximum atomic E-state index is 10.4. The normalized spacial score (nSPS) is 8.89. The fraction of sp³-hybridized carbons (Fsp3) is 0. The number of rotatable bonds is 2. The number of pyridine rings is 2. The van der Waals surface area contributed by atoms with Crippen LogP contribution in [0.2, 0.25) is 0 Å². The minimum atomic E-state index is -1.24. The Bertz CT molecular complexity index is 473. The zero-order valence-electron chi connectivity index (χ0n) is 9.22. The minimum absolute atomic E-state index is 0.0811. The number of hydrogen-bond acceptors (Lipinski definition) is 4. The van der Waals surface area contributed by atoms with E-state index in [2.05, 4.69) is 9.97 Å². The molecular formula is C12H10N2O4. The van der Waals surface area contributed by atoms with Crippen molar-refractivity contribution >= 4 is 11.9 Å². The highest BCUT2D eigenvalue weighted by atomic mass is 16.4. The Morgan fingerprint density at radius 1 is 0.944 bits per heavy atom. The summed E-state index contributed by atoms with van der Waals surface area (Å²) in [6.07, 6.45) is 4.65.